The highest BCUT2D eigenvalue weighted by atomic mass is 79.9. The summed E-state index contributed by atoms with van der Waals surface area (Å²) in [7, 11) is -0.708. The van der Waals surface area contributed by atoms with E-state index in [0.717, 1.165) is 6.92 Å². The molecule has 2 rings (SSSR count). The molecule has 1 aromatic rings. The Bertz CT molecular complexity index is 785. The molecule has 1 fully saturated rings. The van der Waals surface area contributed by atoms with Crippen molar-refractivity contribution in [3.05, 3.63) is 28.2 Å². The molecule has 1 saturated heterocycles. The molecule has 0 radical (unpaired) electrons. The molecule has 1 heterocycles. The minimum absolute atomic E-state index is 0. The highest BCUT2D eigenvalue weighted by molar-refractivity contribution is 9.10. The number of sulfonamides is 1. The van der Waals surface area contributed by atoms with Crippen LogP contribution in [0.1, 0.15) is 12.5 Å². The van der Waals surface area contributed by atoms with Gasteiger partial charge in [-0.05, 0) is 28.1 Å². The fourth-order valence-corrected chi connectivity index (χ4v) is 5.36. The normalized spacial score (nSPS) is 22.4. The second-order valence-corrected chi connectivity index (χ2v) is 8.43. The molecule has 1 aromatic carbocycles. The fraction of sp³-hybridized carbons (Fsp3) is 0.385. The zero-order valence-corrected chi connectivity index (χ0v) is 18.0. The number of thioether (sulfide) groups is 1. The van der Waals surface area contributed by atoms with Gasteiger partial charge < -0.3 is 10.0 Å². The Labute approximate surface area is 163 Å². The number of halogens is 2. The van der Waals surface area contributed by atoms with Gasteiger partial charge >= 0.3 is 0 Å². The van der Waals surface area contributed by atoms with Crippen LogP contribution in [0.3, 0.4) is 0 Å². The number of aliphatic hydroxyl groups is 1. The van der Waals surface area contributed by atoms with Crippen LogP contribution in [0.2, 0.25) is 0 Å². The Morgan fingerprint density at radius 3 is 2.62 bits per heavy atom. The van der Waals surface area contributed by atoms with Crippen molar-refractivity contribution in [3.8, 4) is 0 Å². The molecule has 2 N–H and O–H groups in total. The number of amidine groups is 1. The largest absolute Gasteiger partial charge is 0.366 e. The van der Waals surface area contributed by atoms with Gasteiger partial charge in [0.1, 0.15) is 4.90 Å². The van der Waals surface area contributed by atoms with E-state index in [-0.39, 0.29) is 21.9 Å². The average molecular weight is 503 g/mol. The molecule has 0 saturated carbocycles. The Kier molecular flexibility index (Phi) is 6.90. The van der Waals surface area contributed by atoms with E-state index in [1.165, 1.54) is 23.9 Å². The average Bonchev–Trinajstić information content (AvgIpc) is 2.74. The first-order valence-corrected chi connectivity index (χ1v) is 9.77. The van der Waals surface area contributed by atoms with Gasteiger partial charge in [-0.15, -0.1) is 17.0 Å². The van der Waals surface area contributed by atoms with E-state index in [1.807, 2.05) is 4.72 Å². The van der Waals surface area contributed by atoms with Crippen LogP contribution in [0.15, 0.2) is 32.6 Å². The van der Waals surface area contributed by atoms with Gasteiger partial charge in [0.25, 0.3) is 10.0 Å². The van der Waals surface area contributed by atoms with Gasteiger partial charge in [-0.25, -0.2) is 13.1 Å². The summed E-state index contributed by atoms with van der Waals surface area (Å²) in [5, 5.41) is 11.6. The van der Waals surface area contributed by atoms with Crippen LogP contribution < -0.4 is 4.72 Å². The summed E-state index contributed by atoms with van der Waals surface area (Å²) in [6.45, 7) is 1.12. The quantitative estimate of drug-likeness (QED) is 0.652. The molecular weight excluding hydrogens is 486 g/mol. The van der Waals surface area contributed by atoms with Gasteiger partial charge in [-0.1, -0.05) is 17.8 Å². The number of carbonyl (C=O) groups is 1. The third-order valence-electron chi connectivity index (χ3n) is 3.40. The molecule has 1 aliphatic heterocycles. The summed E-state index contributed by atoms with van der Waals surface area (Å²) in [5.74, 6) is -0.368. The van der Waals surface area contributed by atoms with Gasteiger partial charge in [0, 0.05) is 31.1 Å². The SMILES string of the molecule is Br.CN=C1SCC(O)(c2ccc(Br)c(S(=O)(=O)NC(C)=O)c2)N1C. The Morgan fingerprint density at radius 2 is 2.12 bits per heavy atom. The first kappa shape index (κ1) is 21.4. The summed E-state index contributed by atoms with van der Waals surface area (Å²) in [4.78, 5) is 16.7. The zero-order chi connectivity index (χ0) is 17.4. The van der Waals surface area contributed by atoms with Crippen LogP contribution in [0.5, 0.6) is 0 Å². The lowest BCUT2D eigenvalue weighted by Gasteiger charge is -2.31. The first-order chi connectivity index (χ1) is 10.6. The molecule has 134 valence electrons. The predicted octanol–water partition coefficient (Wildman–Crippen LogP) is 1.66. The fourth-order valence-electron chi connectivity index (χ4n) is 2.21. The van der Waals surface area contributed by atoms with E-state index < -0.39 is 21.7 Å². The second kappa shape index (κ2) is 7.73. The van der Waals surface area contributed by atoms with Crippen LogP contribution in [-0.2, 0) is 20.5 Å². The number of amides is 1. The summed E-state index contributed by atoms with van der Waals surface area (Å²) in [6, 6.07) is 4.51. The van der Waals surface area contributed by atoms with Gasteiger partial charge in [0.05, 0.1) is 5.75 Å². The number of rotatable bonds is 3. The van der Waals surface area contributed by atoms with Crippen LogP contribution >= 0.6 is 44.7 Å². The number of benzene rings is 1. The van der Waals surface area contributed by atoms with Crippen molar-refractivity contribution in [1.29, 1.82) is 0 Å². The molecule has 1 unspecified atom stereocenters. The van der Waals surface area contributed by atoms with Gasteiger partial charge in [-0.2, -0.15) is 0 Å². The number of carbonyl (C=O) groups excluding carboxylic acids is 1. The lowest BCUT2D eigenvalue weighted by Crippen LogP contribution is -2.42. The number of nitrogens with zero attached hydrogens (tertiary/aromatic N) is 2. The van der Waals surface area contributed by atoms with E-state index in [9.17, 15) is 18.3 Å². The Morgan fingerprint density at radius 1 is 1.50 bits per heavy atom. The highest BCUT2D eigenvalue weighted by Gasteiger charge is 2.43. The number of hydrogen-bond donors (Lipinski definition) is 2. The van der Waals surface area contributed by atoms with Crippen molar-refractivity contribution < 1.29 is 18.3 Å². The number of nitrogens with one attached hydrogen (secondary N) is 1. The molecule has 1 atom stereocenters. The third kappa shape index (κ3) is 3.96. The monoisotopic (exact) mass is 501 g/mol. The Balaban J connectivity index is 0.00000288. The maximum atomic E-state index is 12.3. The van der Waals surface area contributed by atoms with Crippen molar-refractivity contribution in [1.82, 2.24) is 9.62 Å². The molecular formula is C13H17Br2N3O4S2. The summed E-state index contributed by atoms with van der Waals surface area (Å²) in [6.07, 6.45) is 0. The van der Waals surface area contributed by atoms with Gasteiger partial charge in [-0.3, -0.25) is 9.79 Å². The molecule has 0 bridgehead atoms. The minimum atomic E-state index is -4.02. The van der Waals surface area contributed by atoms with E-state index >= 15 is 0 Å². The molecule has 1 aliphatic rings. The smallest absolute Gasteiger partial charge is 0.265 e. The molecule has 0 aliphatic carbocycles. The minimum Gasteiger partial charge on any atom is -0.366 e. The first-order valence-electron chi connectivity index (χ1n) is 6.51. The maximum Gasteiger partial charge on any atom is 0.265 e. The molecule has 7 nitrogen and oxygen atoms in total. The summed E-state index contributed by atoms with van der Waals surface area (Å²) < 4.78 is 26.7. The van der Waals surface area contributed by atoms with Crippen molar-refractivity contribution >= 4 is 65.8 Å². The van der Waals surface area contributed by atoms with E-state index in [0.29, 0.717) is 21.0 Å². The van der Waals surface area contributed by atoms with Crippen molar-refractivity contribution in [2.24, 2.45) is 4.99 Å². The molecule has 0 spiro atoms. The van der Waals surface area contributed by atoms with Crippen molar-refractivity contribution in [3.63, 3.8) is 0 Å². The molecule has 0 aromatic heterocycles. The van der Waals surface area contributed by atoms with E-state index in [1.54, 1.807) is 25.1 Å². The molecule has 11 heteroatoms. The van der Waals surface area contributed by atoms with E-state index in [4.69, 9.17) is 0 Å². The van der Waals surface area contributed by atoms with Crippen LogP contribution in [0, 0.1) is 0 Å². The van der Waals surface area contributed by atoms with Gasteiger partial charge in [0.15, 0.2) is 10.9 Å². The number of hydrogen-bond acceptors (Lipinski definition) is 6. The lowest BCUT2D eigenvalue weighted by molar-refractivity contribution is -0.117. The zero-order valence-electron chi connectivity index (χ0n) is 13.1. The van der Waals surface area contributed by atoms with Gasteiger partial charge in [0.2, 0.25) is 5.91 Å². The standard InChI is InChI=1S/C13H16BrN3O4S2.BrH/c1-8(18)16-23(20,21)11-6-9(4-5-10(11)14)13(19)7-22-12(15-2)17(13)3;/h4-6,19H,7H2,1-3H3,(H,16,18);1H. The van der Waals surface area contributed by atoms with Crippen LogP contribution in [0.25, 0.3) is 0 Å². The van der Waals surface area contributed by atoms with Crippen molar-refractivity contribution in [2.45, 2.75) is 17.5 Å². The summed E-state index contributed by atoms with van der Waals surface area (Å²) >= 11 is 4.54. The van der Waals surface area contributed by atoms with Crippen molar-refractivity contribution in [2.75, 3.05) is 19.8 Å². The second-order valence-electron chi connectivity index (χ2n) is 4.98. The highest BCUT2D eigenvalue weighted by Crippen LogP contribution is 2.39. The molecule has 1 amide bonds. The number of aliphatic imine (C=N–C) groups is 1. The maximum absolute atomic E-state index is 12.3. The van der Waals surface area contributed by atoms with Crippen LogP contribution in [0.4, 0.5) is 0 Å². The molecule has 24 heavy (non-hydrogen) atoms. The van der Waals surface area contributed by atoms with E-state index in [2.05, 4.69) is 20.9 Å². The predicted molar refractivity (Wildman–Crippen MR) is 103 cm³/mol. The Hall–Kier alpha value is -0.620. The topological polar surface area (TPSA) is 99.1 Å². The lowest BCUT2D eigenvalue weighted by atomic mass is 10.0. The summed E-state index contributed by atoms with van der Waals surface area (Å²) in [5.41, 5.74) is -0.973. The third-order valence-corrected chi connectivity index (χ3v) is 7.09. The van der Waals surface area contributed by atoms with Crippen LogP contribution in [-0.4, -0.2) is 49.3 Å².